The normalized spacial score (nSPS) is 11.3. The lowest BCUT2D eigenvalue weighted by Crippen LogP contribution is -2.19. The molecule has 3 aromatic carbocycles. The molecule has 6 aromatic rings. The molecule has 6 heteroatoms. The predicted molar refractivity (Wildman–Crippen MR) is 137 cm³/mol. The van der Waals surface area contributed by atoms with E-state index in [0.29, 0.717) is 22.6 Å². The molecule has 3 aromatic heterocycles. The Kier molecular flexibility index (Phi) is 4.52. The fourth-order valence-electron chi connectivity index (χ4n) is 4.48. The van der Waals surface area contributed by atoms with Crippen LogP contribution in [0.25, 0.3) is 50.1 Å². The Balaban J connectivity index is 1.65. The first-order valence-electron chi connectivity index (χ1n) is 11.0. The zero-order valence-electron chi connectivity index (χ0n) is 18.5. The summed E-state index contributed by atoms with van der Waals surface area (Å²) < 4.78 is 1.55. The monoisotopic (exact) mass is 443 g/mol. The third-order valence-electron chi connectivity index (χ3n) is 6.11. The Hall–Kier alpha value is -4.71. The van der Waals surface area contributed by atoms with Crippen LogP contribution in [-0.4, -0.2) is 19.6 Å². The Morgan fingerprint density at radius 3 is 2.38 bits per heavy atom. The summed E-state index contributed by atoms with van der Waals surface area (Å²) in [5, 5.41) is 4.30. The molecule has 0 radical (unpaired) electrons. The van der Waals surface area contributed by atoms with Crippen LogP contribution < -0.4 is 11.3 Å². The van der Waals surface area contributed by atoms with Gasteiger partial charge in [0.2, 0.25) is 0 Å². The average molecular weight is 444 g/mol. The van der Waals surface area contributed by atoms with Crippen LogP contribution in [0.5, 0.6) is 0 Å². The summed E-state index contributed by atoms with van der Waals surface area (Å²) in [7, 11) is 0. The first kappa shape index (κ1) is 19.9. The molecule has 0 aliphatic heterocycles. The fourth-order valence-corrected chi connectivity index (χ4v) is 4.48. The summed E-state index contributed by atoms with van der Waals surface area (Å²) >= 11 is 0. The minimum atomic E-state index is -0.149. The maximum Gasteiger partial charge on any atom is 0.280 e. The van der Waals surface area contributed by atoms with Gasteiger partial charge in [-0.3, -0.25) is 14.9 Å². The van der Waals surface area contributed by atoms with Gasteiger partial charge in [-0.1, -0.05) is 54.6 Å². The SMILES string of the molecule is Cc1nc2c(-c3ccccc3)c(-c3ccc(N)cc3)[nH]n2c(=O)c1-c1ccc2ncccc2c1. The smallest absolute Gasteiger partial charge is 0.280 e. The number of nitrogens with zero attached hydrogens (tertiary/aromatic N) is 3. The van der Waals surface area contributed by atoms with E-state index in [1.165, 1.54) is 0 Å². The van der Waals surface area contributed by atoms with Crippen LogP contribution in [0.4, 0.5) is 5.69 Å². The number of pyridine rings is 1. The van der Waals surface area contributed by atoms with E-state index in [2.05, 4.69) is 10.1 Å². The third-order valence-corrected chi connectivity index (χ3v) is 6.11. The Labute approximate surface area is 195 Å². The molecule has 0 spiro atoms. The van der Waals surface area contributed by atoms with Crippen molar-refractivity contribution in [2.24, 2.45) is 0 Å². The van der Waals surface area contributed by atoms with Gasteiger partial charge < -0.3 is 5.73 Å². The van der Waals surface area contributed by atoms with Gasteiger partial charge in [0, 0.05) is 22.8 Å². The van der Waals surface area contributed by atoms with Gasteiger partial charge in [-0.15, -0.1) is 0 Å². The molecule has 0 saturated heterocycles. The Bertz CT molecular complexity index is 1730. The second-order valence-electron chi connectivity index (χ2n) is 8.30. The van der Waals surface area contributed by atoms with Gasteiger partial charge in [0.05, 0.1) is 28.0 Å². The van der Waals surface area contributed by atoms with E-state index >= 15 is 0 Å². The third kappa shape index (κ3) is 3.16. The number of nitrogens with two attached hydrogens (primary N) is 1. The van der Waals surface area contributed by atoms with E-state index < -0.39 is 0 Å². The number of nitrogen functional groups attached to an aromatic ring is 1. The summed E-state index contributed by atoms with van der Waals surface area (Å²) in [6.45, 7) is 1.88. The van der Waals surface area contributed by atoms with Crippen LogP contribution >= 0.6 is 0 Å². The summed E-state index contributed by atoms with van der Waals surface area (Å²) in [6.07, 6.45) is 1.76. The van der Waals surface area contributed by atoms with Crippen molar-refractivity contribution in [2.45, 2.75) is 6.92 Å². The van der Waals surface area contributed by atoms with Crippen molar-refractivity contribution in [3.05, 3.63) is 107 Å². The molecule has 0 amide bonds. The number of hydrogen-bond donors (Lipinski definition) is 2. The maximum atomic E-state index is 13.8. The number of benzene rings is 3. The molecule has 0 unspecified atom stereocenters. The number of fused-ring (bicyclic) bond motifs is 2. The molecule has 6 rings (SSSR count). The minimum absolute atomic E-state index is 0.149. The second kappa shape index (κ2) is 7.71. The van der Waals surface area contributed by atoms with Gasteiger partial charge in [0.25, 0.3) is 5.56 Å². The second-order valence-corrected chi connectivity index (χ2v) is 8.30. The highest BCUT2D eigenvalue weighted by Gasteiger charge is 2.21. The number of nitrogens with one attached hydrogen (secondary N) is 1. The molecule has 3 heterocycles. The molecular formula is C28H21N5O. The first-order chi connectivity index (χ1) is 16.6. The molecule has 0 aliphatic rings. The molecule has 164 valence electrons. The first-order valence-corrected chi connectivity index (χ1v) is 11.0. The maximum absolute atomic E-state index is 13.8. The molecule has 0 saturated carbocycles. The summed E-state index contributed by atoms with van der Waals surface area (Å²) in [5.74, 6) is 0. The van der Waals surface area contributed by atoms with Crippen LogP contribution in [0, 0.1) is 6.92 Å². The van der Waals surface area contributed by atoms with Crippen molar-refractivity contribution >= 4 is 22.2 Å². The number of aromatic nitrogens is 4. The lowest BCUT2D eigenvalue weighted by Gasteiger charge is -2.08. The molecule has 6 nitrogen and oxygen atoms in total. The van der Waals surface area contributed by atoms with Gasteiger partial charge in [0.1, 0.15) is 0 Å². The number of aromatic amines is 1. The van der Waals surface area contributed by atoms with E-state index in [1.54, 1.807) is 10.7 Å². The van der Waals surface area contributed by atoms with E-state index in [0.717, 1.165) is 38.9 Å². The average Bonchev–Trinajstić information content (AvgIpc) is 3.24. The topological polar surface area (TPSA) is 89.1 Å². The van der Waals surface area contributed by atoms with Crippen molar-refractivity contribution in [1.82, 2.24) is 19.6 Å². The van der Waals surface area contributed by atoms with Crippen LogP contribution in [0.15, 0.2) is 95.9 Å². The van der Waals surface area contributed by atoms with E-state index in [9.17, 15) is 4.79 Å². The number of H-pyrrole nitrogens is 1. The molecule has 0 atom stereocenters. The Morgan fingerprint density at radius 1 is 0.824 bits per heavy atom. The van der Waals surface area contributed by atoms with Gasteiger partial charge in [-0.25, -0.2) is 4.98 Å². The van der Waals surface area contributed by atoms with Crippen molar-refractivity contribution in [1.29, 1.82) is 0 Å². The van der Waals surface area contributed by atoms with E-state index in [-0.39, 0.29) is 5.56 Å². The van der Waals surface area contributed by atoms with Crippen LogP contribution in [0.3, 0.4) is 0 Å². The molecule has 0 aliphatic carbocycles. The largest absolute Gasteiger partial charge is 0.399 e. The lowest BCUT2D eigenvalue weighted by molar-refractivity contribution is 0.897. The van der Waals surface area contributed by atoms with Crippen molar-refractivity contribution in [3.8, 4) is 33.5 Å². The van der Waals surface area contributed by atoms with Crippen LogP contribution in [0.2, 0.25) is 0 Å². The molecule has 0 fully saturated rings. The Morgan fingerprint density at radius 2 is 1.59 bits per heavy atom. The number of aryl methyl sites for hydroxylation is 1. The van der Waals surface area contributed by atoms with E-state index in [1.807, 2.05) is 91.9 Å². The number of anilines is 1. The summed E-state index contributed by atoms with van der Waals surface area (Å²) in [6, 6.07) is 27.3. The zero-order valence-corrected chi connectivity index (χ0v) is 18.5. The van der Waals surface area contributed by atoms with Crippen LogP contribution in [0.1, 0.15) is 5.69 Å². The van der Waals surface area contributed by atoms with Gasteiger partial charge in [0.15, 0.2) is 5.65 Å². The quantitative estimate of drug-likeness (QED) is 0.355. The van der Waals surface area contributed by atoms with Gasteiger partial charge in [-0.2, -0.15) is 4.52 Å². The minimum Gasteiger partial charge on any atom is -0.399 e. The molecular weight excluding hydrogens is 422 g/mol. The summed E-state index contributed by atoms with van der Waals surface area (Å²) in [4.78, 5) is 23.1. The highest BCUT2D eigenvalue weighted by atomic mass is 16.1. The van der Waals surface area contributed by atoms with Gasteiger partial charge in [-0.05, 0) is 48.4 Å². The highest BCUT2D eigenvalue weighted by molar-refractivity contribution is 5.91. The fraction of sp³-hybridized carbons (Fsp3) is 0.0357. The van der Waals surface area contributed by atoms with Crippen LogP contribution in [-0.2, 0) is 0 Å². The predicted octanol–water partition coefficient (Wildman–Crippen LogP) is 5.46. The number of hydrogen-bond acceptors (Lipinski definition) is 4. The zero-order chi connectivity index (χ0) is 23.2. The van der Waals surface area contributed by atoms with Crippen molar-refractivity contribution in [3.63, 3.8) is 0 Å². The van der Waals surface area contributed by atoms with Gasteiger partial charge >= 0.3 is 0 Å². The highest BCUT2D eigenvalue weighted by Crippen LogP contribution is 2.35. The van der Waals surface area contributed by atoms with Crippen molar-refractivity contribution in [2.75, 3.05) is 5.73 Å². The molecule has 34 heavy (non-hydrogen) atoms. The molecule has 0 bridgehead atoms. The molecule has 3 N–H and O–H groups in total. The van der Waals surface area contributed by atoms with Crippen molar-refractivity contribution < 1.29 is 0 Å². The van der Waals surface area contributed by atoms with E-state index in [4.69, 9.17) is 10.7 Å². The lowest BCUT2D eigenvalue weighted by atomic mass is 10.0. The summed E-state index contributed by atoms with van der Waals surface area (Å²) in [5.41, 5.74) is 13.6. The standard InChI is InChI=1S/C28H21N5O/c1-17-24(21-11-14-23-20(16-21)8-5-15-30-23)28(34)33-27(31-17)25(18-6-3-2-4-7-18)26(32-33)19-9-12-22(29)13-10-19/h2-16,32H,29H2,1H3. The number of rotatable bonds is 3.